The molecule has 0 saturated carbocycles. The fraction of sp³-hybridized carbons (Fsp3) is 0.105. The lowest BCUT2D eigenvalue weighted by atomic mass is 10.1. The third-order valence-electron chi connectivity index (χ3n) is 4.13. The molecule has 2 aromatic carbocycles. The van der Waals surface area contributed by atoms with Crippen molar-refractivity contribution in [3.05, 3.63) is 71.6 Å². The van der Waals surface area contributed by atoms with E-state index in [0.717, 1.165) is 34.9 Å². The molecule has 4 rings (SSSR count). The SMILES string of the molecule is CCn1c(-c2cnn(-c3ccccc3)c2-c2ccccc2)n[nH]c1=S. The van der Waals surface area contributed by atoms with Gasteiger partial charge in [-0.3, -0.25) is 5.10 Å². The Bertz CT molecular complexity index is 1040. The standard InChI is InChI=1S/C19H17N5S/c1-2-23-18(21-22-19(23)25)16-13-20-24(15-11-7-4-8-12-15)17(16)14-9-5-3-6-10-14/h3-13H,2H2,1H3,(H,22,25). The Balaban J connectivity index is 2.00. The molecule has 0 radical (unpaired) electrons. The van der Waals surface area contributed by atoms with Crippen molar-refractivity contribution in [1.82, 2.24) is 24.5 Å². The van der Waals surface area contributed by atoms with Crippen molar-refractivity contribution >= 4 is 12.2 Å². The number of rotatable bonds is 4. The van der Waals surface area contributed by atoms with Crippen LogP contribution in [0.2, 0.25) is 0 Å². The number of hydrogen-bond acceptors (Lipinski definition) is 3. The number of hydrogen-bond donors (Lipinski definition) is 1. The van der Waals surface area contributed by atoms with E-state index >= 15 is 0 Å². The number of benzene rings is 2. The molecule has 0 aliphatic rings. The molecule has 0 bridgehead atoms. The molecule has 1 N–H and O–H groups in total. The number of nitrogens with one attached hydrogen (secondary N) is 1. The van der Waals surface area contributed by atoms with Crippen molar-refractivity contribution in [2.45, 2.75) is 13.5 Å². The van der Waals surface area contributed by atoms with Gasteiger partial charge in [-0.25, -0.2) is 4.68 Å². The first-order valence-electron chi connectivity index (χ1n) is 8.14. The quantitative estimate of drug-likeness (QED) is 0.554. The summed E-state index contributed by atoms with van der Waals surface area (Å²) in [6.07, 6.45) is 1.85. The molecule has 0 aliphatic heterocycles. The van der Waals surface area contributed by atoms with Gasteiger partial charge in [-0.1, -0.05) is 48.5 Å². The maximum absolute atomic E-state index is 5.35. The number of nitrogens with zero attached hydrogens (tertiary/aromatic N) is 4. The minimum absolute atomic E-state index is 0.615. The zero-order chi connectivity index (χ0) is 17.2. The van der Waals surface area contributed by atoms with Gasteiger partial charge in [0.05, 0.1) is 23.1 Å². The predicted molar refractivity (Wildman–Crippen MR) is 101 cm³/mol. The molecule has 0 atom stereocenters. The van der Waals surface area contributed by atoms with E-state index in [4.69, 9.17) is 12.2 Å². The Labute approximate surface area is 150 Å². The van der Waals surface area contributed by atoms with E-state index in [1.54, 1.807) is 0 Å². The van der Waals surface area contributed by atoms with Gasteiger partial charge in [0.2, 0.25) is 0 Å². The molecule has 0 unspecified atom stereocenters. The van der Waals surface area contributed by atoms with Crippen molar-refractivity contribution in [1.29, 1.82) is 0 Å². The van der Waals surface area contributed by atoms with E-state index in [0.29, 0.717) is 4.77 Å². The highest BCUT2D eigenvalue weighted by molar-refractivity contribution is 7.71. The molecule has 2 aromatic heterocycles. The van der Waals surface area contributed by atoms with Crippen LogP contribution in [0.15, 0.2) is 66.9 Å². The van der Waals surface area contributed by atoms with Crippen molar-refractivity contribution in [2.24, 2.45) is 0 Å². The van der Waals surface area contributed by atoms with E-state index in [2.05, 4.69) is 34.4 Å². The van der Waals surface area contributed by atoms with Crippen molar-refractivity contribution in [3.8, 4) is 28.3 Å². The second kappa shape index (κ2) is 6.49. The lowest BCUT2D eigenvalue weighted by molar-refractivity contribution is 0.756. The van der Waals surface area contributed by atoms with Gasteiger partial charge in [-0.05, 0) is 31.3 Å². The van der Waals surface area contributed by atoms with Crippen LogP contribution in [0.4, 0.5) is 0 Å². The van der Waals surface area contributed by atoms with Crippen molar-refractivity contribution in [3.63, 3.8) is 0 Å². The van der Waals surface area contributed by atoms with Gasteiger partial charge in [0.15, 0.2) is 10.6 Å². The zero-order valence-corrected chi connectivity index (χ0v) is 14.6. The van der Waals surface area contributed by atoms with Crippen LogP contribution >= 0.6 is 12.2 Å². The average molecular weight is 347 g/mol. The highest BCUT2D eigenvalue weighted by atomic mass is 32.1. The maximum Gasteiger partial charge on any atom is 0.195 e. The topological polar surface area (TPSA) is 51.4 Å². The molecule has 0 fully saturated rings. The van der Waals surface area contributed by atoms with Crippen LogP contribution in [0.1, 0.15) is 6.92 Å². The summed E-state index contributed by atoms with van der Waals surface area (Å²) in [6.45, 7) is 2.80. The lowest BCUT2D eigenvalue weighted by Crippen LogP contribution is -2.01. The first-order chi connectivity index (χ1) is 12.3. The summed E-state index contributed by atoms with van der Waals surface area (Å²) in [5, 5.41) is 12.0. The zero-order valence-electron chi connectivity index (χ0n) is 13.8. The molecule has 0 saturated heterocycles. The molecule has 0 spiro atoms. The average Bonchev–Trinajstić information content (AvgIpc) is 3.26. The van der Waals surface area contributed by atoms with Gasteiger partial charge in [0, 0.05) is 12.1 Å². The highest BCUT2D eigenvalue weighted by Gasteiger charge is 2.19. The van der Waals surface area contributed by atoms with Crippen molar-refractivity contribution in [2.75, 3.05) is 0 Å². The molecule has 2 heterocycles. The Morgan fingerprint density at radius 3 is 2.36 bits per heavy atom. The Hall–Kier alpha value is -2.99. The maximum atomic E-state index is 5.35. The summed E-state index contributed by atoms with van der Waals surface area (Å²) >= 11 is 5.35. The van der Waals surface area contributed by atoms with E-state index in [9.17, 15) is 0 Å². The molecule has 124 valence electrons. The van der Waals surface area contributed by atoms with Crippen LogP contribution in [0.5, 0.6) is 0 Å². The molecule has 25 heavy (non-hydrogen) atoms. The van der Waals surface area contributed by atoms with Gasteiger partial charge in [0.25, 0.3) is 0 Å². The number of aromatic nitrogens is 5. The first kappa shape index (κ1) is 15.5. The third kappa shape index (κ3) is 2.70. The summed E-state index contributed by atoms with van der Waals surface area (Å²) in [5.74, 6) is 0.800. The molecular weight excluding hydrogens is 330 g/mol. The Morgan fingerprint density at radius 1 is 1.00 bits per heavy atom. The molecule has 5 nitrogen and oxygen atoms in total. The van der Waals surface area contributed by atoms with Gasteiger partial charge in [0.1, 0.15) is 0 Å². The fourth-order valence-electron chi connectivity index (χ4n) is 2.97. The highest BCUT2D eigenvalue weighted by Crippen LogP contribution is 2.32. The molecular formula is C19H17N5S. The summed E-state index contributed by atoms with van der Waals surface area (Å²) in [4.78, 5) is 0. The van der Waals surface area contributed by atoms with Crippen LogP contribution in [0, 0.1) is 4.77 Å². The van der Waals surface area contributed by atoms with Crippen LogP contribution in [-0.2, 0) is 6.54 Å². The van der Waals surface area contributed by atoms with Crippen LogP contribution < -0.4 is 0 Å². The number of H-pyrrole nitrogens is 1. The van der Waals surface area contributed by atoms with E-state index in [-0.39, 0.29) is 0 Å². The van der Waals surface area contributed by atoms with Gasteiger partial charge in [-0.15, -0.1) is 0 Å². The second-order valence-electron chi connectivity index (χ2n) is 5.62. The van der Waals surface area contributed by atoms with Crippen LogP contribution in [0.25, 0.3) is 28.3 Å². The molecule has 0 amide bonds. The van der Waals surface area contributed by atoms with Gasteiger partial charge >= 0.3 is 0 Å². The van der Waals surface area contributed by atoms with Crippen LogP contribution in [0.3, 0.4) is 0 Å². The van der Waals surface area contributed by atoms with Gasteiger partial charge in [-0.2, -0.15) is 10.2 Å². The minimum Gasteiger partial charge on any atom is -0.300 e. The van der Waals surface area contributed by atoms with E-state index in [1.807, 2.05) is 64.0 Å². The minimum atomic E-state index is 0.615. The normalized spacial score (nSPS) is 10.9. The summed E-state index contributed by atoms with van der Waals surface area (Å²) in [7, 11) is 0. The number of para-hydroxylation sites is 1. The predicted octanol–water partition coefficient (Wildman–Crippen LogP) is 4.48. The second-order valence-corrected chi connectivity index (χ2v) is 6.00. The first-order valence-corrected chi connectivity index (χ1v) is 8.55. The Kier molecular flexibility index (Phi) is 4.03. The molecule has 0 aliphatic carbocycles. The summed E-state index contributed by atoms with van der Waals surface area (Å²) < 4.78 is 4.54. The molecule has 4 aromatic rings. The van der Waals surface area contributed by atoms with E-state index < -0.39 is 0 Å². The largest absolute Gasteiger partial charge is 0.300 e. The smallest absolute Gasteiger partial charge is 0.195 e. The monoisotopic (exact) mass is 347 g/mol. The summed E-state index contributed by atoms with van der Waals surface area (Å²) in [6, 6.07) is 20.3. The number of aromatic amines is 1. The van der Waals surface area contributed by atoms with Gasteiger partial charge < -0.3 is 4.57 Å². The van der Waals surface area contributed by atoms with E-state index in [1.165, 1.54) is 0 Å². The fourth-order valence-corrected chi connectivity index (χ4v) is 3.23. The Morgan fingerprint density at radius 2 is 1.68 bits per heavy atom. The summed E-state index contributed by atoms with van der Waals surface area (Å²) in [5.41, 5.74) is 4.03. The van der Waals surface area contributed by atoms with Crippen molar-refractivity contribution < 1.29 is 0 Å². The third-order valence-corrected chi connectivity index (χ3v) is 4.44. The lowest BCUT2D eigenvalue weighted by Gasteiger charge is -2.10. The molecule has 6 heteroatoms. The van der Waals surface area contributed by atoms with Crippen LogP contribution in [-0.4, -0.2) is 24.5 Å².